The minimum absolute atomic E-state index is 0. The van der Waals surface area contributed by atoms with Crippen LogP contribution < -0.4 is 18.1 Å². The zero-order chi connectivity index (χ0) is 10.6. The molecule has 0 aromatic heterocycles. The highest BCUT2D eigenvalue weighted by molar-refractivity contribution is 5.03. The molecule has 0 aromatic carbocycles. The van der Waals surface area contributed by atoms with Gasteiger partial charge in [-0.3, -0.25) is 4.90 Å². The minimum atomic E-state index is -2.51. The Labute approximate surface area is 97.1 Å². The molecular weight excluding hydrogens is 222 g/mol. The second-order valence-electron chi connectivity index (χ2n) is 5.35. The Morgan fingerprint density at radius 3 is 2.53 bits per heavy atom. The van der Waals surface area contributed by atoms with Gasteiger partial charge in [-0.2, -0.15) is 0 Å². The molecule has 0 aliphatic carbocycles. The SMILES string of the molecule is CC1(C)CC(N)C[C@@H]2CC(F)(F)CN21.[Cl-].[H+]. The van der Waals surface area contributed by atoms with Crippen LogP contribution in [0.5, 0.6) is 0 Å². The van der Waals surface area contributed by atoms with Gasteiger partial charge in [0.1, 0.15) is 0 Å². The van der Waals surface area contributed by atoms with Gasteiger partial charge in [0.05, 0.1) is 6.54 Å². The summed E-state index contributed by atoms with van der Waals surface area (Å²) in [7, 11) is 0. The van der Waals surface area contributed by atoms with E-state index in [1.807, 2.05) is 18.7 Å². The molecule has 2 aliphatic rings. The van der Waals surface area contributed by atoms with Gasteiger partial charge in [-0.1, -0.05) is 0 Å². The van der Waals surface area contributed by atoms with Crippen molar-refractivity contribution in [3.63, 3.8) is 0 Å². The molecule has 90 valence electrons. The summed E-state index contributed by atoms with van der Waals surface area (Å²) in [5.41, 5.74) is 5.72. The third kappa shape index (κ3) is 2.43. The Kier molecular flexibility index (Phi) is 3.35. The molecule has 2 atom stereocenters. The van der Waals surface area contributed by atoms with Crippen LogP contribution in [0.3, 0.4) is 0 Å². The smallest absolute Gasteiger partial charge is 1.00 e. The normalized spacial score (nSPS) is 38.2. The molecule has 5 heteroatoms. The maximum Gasteiger partial charge on any atom is 1.00 e. The van der Waals surface area contributed by atoms with Gasteiger partial charge in [-0.25, -0.2) is 8.78 Å². The van der Waals surface area contributed by atoms with Crippen molar-refractivity contribution in [1.82, 2.24) is 4.90 Å². The largest absolute Gasteiger partial charge is 1.00 e. The van der Waals surface area contributed by atoms with E-state index in [1.165, 1.54) is 0 Å². The van der Waals surface area contributed by atoms with E-state index in [-0.39, 0.29) is 44.4 Å². The number of hydrogen-bond acceptors (Lipinski definition) is 2. The number of halogens is 3. The zero-order valence-electron chi connectivity index (χ0n) is 10.1. The molecule has 0 radical (unpaired) electrons. The van der Waals surface area contributed by atoms with Crippen molar-refractivity contribution in [2.24, 2.45) is 5.73 Å². The maximum absolute atomic E-state index is 13.2. The average Bonchev–Trinajstić information content (AvgIpc) is 2.22. The monoisotopic (exact) mass is 240 g/mol. The predicted octanol–water partition coefficient (Wildman–Crippen LogP) is -1.29. The zero-order valence-corrected chi connectivity index (χ0v) is 9.90. The molecule has 0 aromatic rings. The van der Waals surface area contributed by atoms with Gasteiger partial charge in [0.2, 0.25) is 0 Å². The third-order valence-electron chi connectivity index (χ3n) is 3.49. The molecule has 2 saturated heterocycles. The Hall–Kier alpha value is 0.0700. The van der Waals surface area contributed by atoms with Crippen LogP contribution in [-0.4, -0.2) is 35.0 Å². The molecule has 15 heavy (non-hydrogen) atoms. The van der Waals surface area contributed by atoms with Crippen molar-refractivity contribution in [2.45, 2.75) is 56.7 Å². The molecule has 2 nitrogen and oxygen atoms in total. The summed E-state index contributed by atoms with van der Waals surface area (Å²) in [5.74, 6) is -2.51. The summed E-state index contributed by atoms with van der Waals surface area (Å²) >= 11 is 0. The fourth-order valence-electron chi connectivity index (χ4n) is 3.01. The number of fused-ring (bicyclic) bond motifs is 1. The van der Waals surface area contributed by atoms with E-state index in [0.29, 0.717) is 0 Å². The van der Waals surface area contributed by atoms with E-state index in [0.717, 1.165) is 12.8 Å². The van der Waals surface area contributed by atoms with E-state index >= 15 is 0 Å². The van der Waals surface area contributed by atoms with E-state index in [1.54, 1.807) is 0 Å². The topological polar surface area (TPSA) is 29.3 Å². The van der Waals surface area contributed by atoms with Gasteiger partial charge in [0.15, 0.2) is 0 Å². The number of nitrogens with zero attached hydrogens (tertiary/aromatic N) is 1. The summed E-state index contributed by atoms with van der Waals surface area (Å²) in [6.45, 7) is 3.94. The van der Waals surface area contributed by atoms with E-state index in [9.17, 15) is 8.78 Å². The fraction of sp³-hybridized carbons (Fsp3) is 1.00. The lowest BCUT2D eigenvalue weighted by molar-refractivity contribution is -0.00762. The highest BCUT2D eigenvalue weighted by atomic mass is 35.5. The second-order valence-corrected chi connectivity index (χ2v) is 5.35. The average molecular weight is 241 g/mol. The standard InChI is InChI=1S/C10H18F2N2.ClH/c1-9(2)4-7(13)3-8-5-10(11,12)6-14(8)9;/h7-8H,3-6,13H2,1-2H3;1H/t7?,8-;/m1./s1. The first-order valence-corrected chi connectivity index (χ1v) is 5.20. The highest BCUT2D eigenvalue weighted by Crippen LogP contribution is 2.42. The van der Waals surface area contributed by atoms with Crippen molar-refractivity contribution in [3.8, 4) is 0 Å². The summed E-state index contributed by atoms with van der Waals surface area (Å²) in [6.07, 6.45) is 1.53. The van der Waals surface area contributed by atoms with Crippen molar-refractivity contribution in [1.29, 1.82) is 0 Å². The van der Waals surface area contributed by atoms with Crippen LogP contribution >= 0.6 is 0 Å². The fourth-order valence-corrected chi connectivity index (χ4v) is 3.01. The molecule has 0 amide bonds. The first kappa shape index (κ1) is 13.1. The van der Waals surface area contributed by atoms with E-state index in [2.05, 4.69) is 0 Å². The van der Waals surface area contributed by atoms with Gasteiger partial charge < -0.3 is 18.1 Å². The first-order chi connectivity index (χ1) is 6.30. The molecule has 2 heterocycles. The summed E-state index contributed by atoms with van der Waals surface area (Å²) < 4.78 is 26.5. The molecule has 2 aliphatic heterocycles. The van der Waals surface area contributed by atoms with Crippen molar-refractivity contribution in [2.75, 3.05) is 6.54 Å². The van der Waals surface area contributed by atoms with Crippen LogP contribution in [0.25, 0.3) is 0 Å². The summed E-state index contributed by atoms with van der Waals surface area (Å²) in [4.78, 5) is 1.94. The van der Waals surface area contributed by atoms with Gasteiger partial charge >= 0.3 is 1.43 Å². The number of alkyl halides is 2. The van der Waals surface area contributed by atoms with E-state index < -0.39 is 5.92 Å². The molecule has 2 rings (SSSR count). The maximum atomic E-state index is 13.2. The number of hydrogen-bond donors (Lipinski definition) is 1. The van der Waals surface area contributed by atoms with Gasteiger partial charge in [-0.15, -0.1) is 0 Å². The molecule has 0 spiro atoms. The Morgan fingerprint density at radius 1 is 1.33 bits per heavy atom. The van der Waals surface area contributed by atoms with Crippen LogP contribution in [0.2, 0.25) is 0 Å². The minimum Gasteiger partial charge on any atom is -1.00 e. The Bertz CT molecular complexity index is 251. The molecule has 0 saturated carbocycles. The van der Waals surface area contributed by atoms with Crippen LogP contribution in [-0.2, 0) is 0 Å². The molecule has 2 N–H and O–H groups in total. The lowest BCUT2D eigenvalue weighted by Gasteiger charge is -2.46. The lowest BCUT2D eigenvalue weighted by Crippen LogP contribution is -3.00. The quantitative estimate of drug-likeness (QED) is 0.571. The second kappa shape index (κ2) is 3.82. The number of piperidine rings is 1. The summed E-state index contributed by atoms with van der Waals surface area (Å²) in [6, 6.07) is 0.0731. The summed E-state index contributed by atoms with van der Waals surface area (Å²) in [5, 5.41) is 0. The van der Waals surface area contributed by atoms with Gasteiger partial charge in [-0.05, 0) is 26.7 Å². The molecule has 2 fully saturated rings. The number of nitrogens with two attached hydrogens (primary N) is 1. The van der Waals surface area contributed by atoms with E-state index in [4.69, 9.17) is 5.73 Å². The van der Waals surface area contributed by atoms with Crippen LogP contribution in [0.4, 0.5) is 8.78 Å². The molecule has 1 unspecified atom stereocenters. The molecule has 0 bridgehead atoms. The number of rotatable bonds is 0. The van der Waals surface area contributed by atoms with Crippen LogP contribution in [0.15, 0.2) is 0 Å². The highest BCUT2D eigenvalue weighted by Gasteiger charge is 2.52. The first-order valence-electron chi connectivity index (χ1n) is 5.20. The third-order valence-corrected chi connectivity index (χ3v) is 3.49. The van der Waals surface area contributed by atoms with Gasteiger partial charge in [0, 0.05) is 24.0 Å². The van der Waals surface area contributed by atoms with Crippen molar-refractivity contribution >= 4 is 0 Å². The van der Waals surface area contributed by atoms with Crippen LogP contribution in [0.1, 0.15) is 34.5 Å². The van der Waals surface area contributed by atoms with Crippen LogP contribution in [0, 0.1) is 0 Å². The predicted molar refractivity (Wildman–Crippen MR) is 52.5 cm³/mol. The Balaban J connectivity index is 0.00000112. The van der Waals surface area contributed by atoms with Gasteiger partial charge in [0.25, 0.3) is 5.92 Å². The molecular formula is C10H19ClF2N2. The van der Waals surface area contributed by atoms with Crippen molar-refractivity contribution in [3.05, 3.63) is 0 Å². The lowest BCUT2D eigenvalue weighted by atomic mass is 9.84. The Morgan fingerprint density at radius 2 is 1.93 bits per heavy atom. The van der Waals surface area contributed by atoms with Crippen molar-refractivity contribution < 1.29 is 22.6 Å².